The first-order valence-corrected chi connectivity index (χ1v) is 8.98. The van der Waals surface area contributed by atoms with Crippen LogP contribution in [0, 0.1) is 0 Å². The number of piperazine rings is 1. The summed E-state index contributed by atoms with van der Waals surface area (Å²) < 4.78 is 7.45. The average Bonchev–Trinajstić information content (AvgIpc) is 3.15. The third kappa shape index (κ3) is 4.21. The first-order valence-electron chi connectivity index (χ1n) is 8.98. The highest BCUT2D eigenvalue weighted by Gasteiger charge is 2.26. The Morgan fingerprint density at radius 2 is 1.72 bits per heavy atom. The van der Waals surface area contributed by atoms with E-state index in [0.717, 1.165) is 32.7 Å². The van der Waals surface area contributed by atoms with Crippen LogP contribution in [0.1, 0.15) is 53.0 Å². The molecule has 0 bridgehead atoms. The van der Waals surface area contributed by atoms with Crippen molar-refractivity contribution in [3.63, 3.8) is 0 Å². The van der Waals surface area contributed by atoms with Crippen LogP contribution in [0.4, 0.5) is 5.95 Å². The van der Waals surface area contributed by atoms with Crippen molar-refractivity contribution in [1.29, 1.82) is 0 Å². The fourth-order valence-electron chi connectivity index (χ4n) is 2.82. The fraction of sp³-hybridized carbons (Fsp3) is 0.722. The Kier molecular flexibility index (Phi) is 4.62. The zero-order valence-electron chi connectivity index (χ0n) is 16.3. The molecule has 0 aliphatic carbocycles. The van der Waals surface area contributed by atoms with E-state index in [2.05, 4.69) is 72.8 Å². The fourth-order valence-corrected chi connectivity index (χ4v) is 2.82. The SMILES string of the molecule is CC(C)(C)c1nc(N2CCN(Cc3cnn(C(C)(C)C)c3)CC2)no1. The minimum atomic E-state index is -0.111. The largest absolute Gasteiger partial charge is 0.337 e. The van der Waals surface area contributed by atoms with Crippen LogP contribution in [0.2, 0.25) is 0 Å². The number of rotatable bonds is 3. The predicted octanol–water partition coefficient (Wildman–Crippen LogP) is 2.64. The molecule has 0 amide bonds. The minimum absolute atomic E-state index is 0.0281. The molecule has 2 aromatic rings. The molecule has 3 rings (SSSR count). The topological polar surface area (TPSA) is 63.2 Å². The molecule has 0 atom stereocenters. The molecule has 7 heteroatoms. The maximum absolute atomic E-state index is 5.41. The van der Waals surface area contributed by atoms with Crippen LogP contribution in [-0.2, 0) is 17.5 Å². The third-order valence-corrected chi connectivity index (χ3v) is 4.44. The van der Waals surface area contributed by atoms with E-state index in [1.807, 2.05) is 10.9 Å². The van der Waals surface area contributed by atoms with E-state index in [-0.39, 0.29) is 11.0 Å². The molecule has 7 nitrogen and oxygen atoms in total. The summed E-state index contributed by atoms with van der Waals surface area (Å²) in [4.78, 5) is 9.21. The lowest BCUT2D eigenvalue weighted by Gasteiger charge is -2.33. The Morgan fingerprint density at radius 3 is 2.24 bits per heavy atom. The summed E-state index contributed by atoms with van der Waals surface area (Å²) in [6.07, 6.45) is 4.13. The van der Waals surface area contributed by atoms with Crippen molar-refractivity contribution >= 4 is 5.95 Å². The summed E-state index contributed by atoms with van der Waals surface area (Å²) in [5.41, 5.74) is 1.18. The van der Waals surface area contributed by atoms with Crippen molar-refractivity contribution in [2.45, 2.75) is 59.0 Å². The average molecular weight is 346 g/mol. The molecule has 1 aliphatic heterocycles. The summed E-state index contributed by atoms with van der Waals surface area (Å²) in [7, 11) is 0. The normalized spacial score (nSPS) is 17.3. The van der Waals surface area contributed by atoms with Crippen LogP contribution < -0.4 is 4.90 Å². The van der Waals surface area contributed by atoms with Gasteiger partial charge < -0.3 is 9.42 Å². The van der Waals surface area contributed by atoms with E-state index < -0.39 is 0 Å². The van der Waals surface area contributed by atoms with Crippen molar-refractivity contribution in [2.24, 2.45) is 0 Å². The molecular weight excluding hydrogens is 316 g/mol. The highest BCUT2D eigenvalue weighted by atomic mass is 16.5. The van der Waals surface area contributed by atoms with E-state index >= 15 is 0 Å². The molecule has 0 saturated carbocycles. The van der Waals surface area contributed by atoms with Crippen molar-refractivity contribution in [3.8, 4) is 0 Å². The molecule has 1 saturated heterocycles. The second kappa shape index (κ2) is 6.44. The van der Waals surface area contributed by atoms with E-state index in [9.17, 15) is 0 Å². The number of hydrogen-bond donors (Lipinski definition) is 0. The van der Waals surface area contributed by atoms with Gasteiger partial charge in [0.25, 0.3) is 5.95 Å². The predicted molar refractivity (Wildman–Crippen MR) is 97.7 cm³/mol. The third-order valence-electron chi connectivity index (χ3n) is 4.44. The molecule has 1 aliphatic rings. The Balaban J connectivity index is 1.55. The van der Waals surface area contributed by atoms with Gasteiger partial charge in [-0.25, -0.2) is 0 Å². The smallest absolute Gasteiger partial charge is 0.266 e. The maximum Gasteiger partial charge on any atom is 0.266 e. The molecule has 0 unspecified atom stereocenters. The van der Waals surface area contributed by atoms with Crippen molar-refractivity contribution in [2.75, 3.05) is 31.1 Å². The van der Waals surface area contributed by atoms with Crippen LogP contribution >= 0.6 is 0 Å². The van der Waals surface area contributed by atoms with E-state index in [4.69, 9.17) is 4.52 Å². The lowest BCUT2D eigenvalue weighted by Crippen LogP contribution is -2.46. The molecule has 2 aromatic heterocycles. The minimum Gasteiger partial charge on any atom is -0.337 e. The Morgan fingerprint density at radius 1 is 1.04 bits per heavy atom. The van der Waals surface area contributed by atoms with Gasteiger partial charge in [-0.05, 0) is 25.9 Å². The first kappa shape index (κ1) is 17.9. The molecule has 0 aromatic carbocycles. The molecule has 0 N–H and O–H groups in total. The number of hydrogen-bond acceptors (Lipinski definition) is 6. The number of nitrogens with zero attached hydrogens (tertiary/aromatic N) is 6. The number of aromatic nitrogens is 4. The highest BCUT2D eigenvalue weighted by molar-refractivity contribution is 5.29. The summed E-state index contributed by atoms with van der Waals surface area (Å²) in [5.74, 6) is 1.41. The van der Waals surface area contributed by atoms with Crippen LogP contribution in [0.25, 0.3) is 0 Å². The van der Waals surface area contributed by atoms with Crippen LogP contribution in [-0.4, -0.2) is 51.0 Å². The molecular formula is C18H30N6O. The van der Waals surface area contributed by atoms with Gasteiger partial charge in [0.1, 0.15) is 0 Å². The zero-order chi connectivity index (χ0) is 18.2. The lowest BCUT2D eigenvalue weighted by molar-refractivity contribution is 0.247. The second-order valence-electron chi connectivity index (χ2n) is 8.88. The quantitative estimate of drug-likeness (QED) is 0.851. The van der Waals surface area contributed by atoms with Gasteiger partial charge in [0, 0.05) is 49.9 Å². The molecule has 25 heavy (non-hydrogen) atoms. The van der Waals surface area contributed by atoms with E-state index in [1.165, 1.54) is 5.56 Å². The summed E-state index contributed by atoms with van der Waals surface area (Å²) in [5, 5.41) is 8.64. The van der Waals surface area contributed by atoms with Gasteiger partial charge in [0.15, 0.2) is 0 Å². The highest BCUT2D eigenvalue weighted by Crippen LogP contribution is 2.23. The van der Waals surface area contributed by atoms with Gasteiger partial charge in [0.2, 0.25) is 5.89 Å². The molecule has 0 radical (unpaired) electrons. The van der Waals surface area contributed by atoms with Gasteiger partial charge in [-0.2, -0.15) is 10.1 Å². The maximum atomic E-state index is 5.41. The van der Waals surface area contributed by atoms with Gasteiger partial charge in [-0.15, -0.1) is 0 Å². The van der Waals surface area contributed by atoms with E-state index in [1.54, 1.807) is 0 Å². The summed E-state index contributed by atoms with van der Waals surface area (Å²) in [6.45, 7) is 17.5. The summed E-state index contributed by atoms with van der Waals surface area (Å²) >= 11 is 0. The van der Waals surface area contributed by atoms with Gasteiger partial charge in [-0.3, -0.25) is 9.58 Å². The van der Waals surface area contributed by atoms with Gasteiger partial charge >= 0.3 is 0 Å². The van der Waals surface area contributed by atoms with Crippen molar-refractivity contribution in [3.05, 3.63) is 23.8 Å². The zero-order valence-corrected chi connectivity index (χ0v) is 16.3. The van der Waals surface area contributed by atoms with Crippen LogP contribution in [0.5, 0.6) is 0 Å². The van der Waals surface area contributed by atoms with Gasteiger partial charge in [-0.1, -0.05) is 20.8 Å². The van der Waals surface area contributed by atoms with E-state index in [0.29, 0.717) is 11.8 Å². The molecule has 3 heterocycles. The lowest BCUT2D eigenvalue weighted by atomic mass is 9.97. The molecule has 0 spiro atoms. The Bertz CT molecular complexity index is 698. The Hall–Kier alpha value is -1.89. The molecule has 138 valence electrons. The standard InChI is InChI=1S/C18H30N6O/c1-17(2,3)15-20-16(21-25-15)23-9-7-22(8-10-23)12-14-11-19-24(13-14)18(4,5)6/h11,13H,7-10,12H2,1-6H3. The van der Waals surface area contributed by atoms with Gasteiger partial charge in [0.05, 0.1) is 11.7 Å². The number of anilines is 1. The Labute approximate surface area is 150 Å². The summed E-state index contributed by atoms with van der Waals surface area (Å²) in [6, 6.07) is 0. The second-order valence-corrected chi connectivity index (χ2v) is 8.88. The first-order chi connectivity index (χ1) is 11.6. The van der Waals surface area contributed by atoms with Crippen molar-refractivity contribution in [1.82, 2.24) is 24.8 Å². The van der Waals surface area contributed by atoms with Crippen LogP contribution in [0.15, 0.2) is 16.9 Å². The monoisotopic (exact) mass is 346 g/mol. The van der Waals surface area contributed by atoms with Crippen LogP contribution in [0.3, 0.4) is 0 Å². The van der Waals surface area contributed by atoms with Crippen molar-refractivity contribution < 1.29 is 4.52 Å². The molecule has 1 fully saturated rings.